The molecule has 0 unspecified atom stereocenters. The minimum atomic E-state index is 0.572. The topological polar surface area (TPSA) is 68.2 Å². The lowest BCUT2D eigenvalue weighted by Gasteiger charge is -2.05. The first-order valence-electron chi connectivity index (χ1n) is 6.75. The molecule has 0 aliphatic rings. The van der Waals surface area contributed by atoms with Crippen LogP contribution in [0.5, 0.6) is 0 Å². The third kappa shape index (κ3) is 5.70. The molecular formula is C13H25N5. The summed E-state index contributed by atoms with van der Waals surface area (Å²) in [5.41, 5.74) is 5.74. The largest absolute Gasteiger partial charge is 0.370 e. The summed E-state index contributed by atoms with van der Waals surface area (Å²) in [5.74, 6) is 1.64. The van der Waals surface area contributed by atoms with Crippen LogP contribution in [0, 0.1) is 6.92 Å². The first kappa shape index (κ1) is 14.5. The number of nitrogens with one attached hydrogen (secondary N) is 1. The summed E-state index contributed by atoms with van der Waals surface area (Å²) in [7, 11) is 0. The second-order valence-electron chi connectivity index (χ2n) is 4.42. The molecule has 0 radical (unpaired) electrons. The average Bonchev–Trinajstić information content (AvgIpc) is 2.75. The maximum Gasteiger partial charge on any atom is 0.188 e. The van der Waals surface area contributed by atoms with E-state index in [-0.39, 0.29) is 0 Å². The summed E-state index contributed by atoms with van der Waals surface area (Å²) in [6, 6.07) is 0. The van der Waals surface area contributed by atoms with E-state index in [1.807, 2.05) is 19.3 Å². The summed E-state index contributed by atoms with van der Waals surface area (Å²) in [6.07, 6.45) is 8.31. The predicted octanol–water partition coefficient (Wildman–Crippen LogP) is 1.68. The molecule has 0 fully saturated rings. The number of hydrogen-bond acceptors (Lipinski definition) is 2. The van der Waals surface area contributed by atoms with Crippen LogP contribution >= 0.6 is 0 Å². The third-order valence-electron chi connectivity index (χ3n) is 2.85. The van der Waals surface area contributed by atoms with Gasteiger partial charge in [0.2, 0.25) is 0 Å². The first-order valence-corrected chi connectivity index (χ1v) is 6.75. The van der Waals surface area contributed by atoms with Crippen LogP contribution in [-0.2, 0) is 6.54 Å². The molecule has 1 heterocycles. The Hall–Kier alpha value is -1.52. The van der Waals surface area contributed by atoms with Crippen LogP contribution in [0.4, 0.5) is 0 Å². The van der Waals surface area contributed by atoms with Crippen molar-refractivity contribution < 1.29 is 0 Å². The Kier molecular flexibility index (Phi) is 6.91. The lowest BCUT2D eigenvalue weighted by atomic mass is 10.3. The number of guanidine groups is 1. The highest BCUT2D eigenvalue weighted by molar-refractivity contribution is 5.77. The minimum absolute atomic E-state index is 0.572. The maximum atomic E-state index is 5.74. The molecule has 5 nitrogen and oxygen atoms in total. The Morgan fingerprint density at radius 1 is 1.44 bits per heavy atom. The van der Waals surface area contributed by atoms with Gasteiger partial charge in [0.15, 0.2) is 5.96 Å². The van der Waals surface area contributed by atoms with Crippen LogP contribution < -0.4 is 11.1 Å². The van der Waals surface area contributed by atoms with Gasteiger partial charge >= 0.3 is 0 Å². The molecule has 0 aliphatic carbocycles. The van der Waals surface area contributed by atoms with Crippen molar-refractivity contribution in [3.8, 4) is 0 Å². The monoisotopic (exact) mass is 251 g/mol. The van der Waals surface area contributed by atoms with Crippen molar-refractivity contribution in [1.29, 1.82) is 0 Å². The second-order valence-corrected chi connectivity index (χ2v) is 4.42. The second kappa shape index (κ2) is 8.55. The van der Waals surface area contributed by atoms with Gasteiger partial charge in [0.05, 0.1) is 0 Å². The smallest absolute Gasteiger partial charge is 0.188 e. The fourth-order valence-electron chi connectivity index (χ4n) is 1.68. The number of unbranched alkanes of at least 4 members (excludes halogenated alkanes) is 2. The first-order chi connectivity index (χ1) is 8.74. The number of aromatic nitrogens is 2. The number of aliphatic imine (C=N–C) groups is 1. The van der Waals surface area contributed by atoms with Crippen molar-refractivity contribution in [2.24, 2.45) is 10.7 Å². The molecule has 1 aromatic heterocycles. The number of nitrogens with zero attached hydrogens (tertiary/aromatic N) is 3. The predicted molar refractivity (Wildman–Crippen MR) is 75.6 cm³/mol. The van der Waals surface area contributed by atoms with E-state index in [9.17, 15) is 0 Å². The molecular weight excluding hydrogens is 226 g/mol. The van der Waals surface area contributed by atoms with E-state index in [1.165, 1.54) is 6.42 Å². The van der Waals surface area contributed by atoms with Gasteiger partial charge in [0, 0.05) is 32.0 Å². The van der Waals surface area contributed by atoms with Crippen LogP contribution in [0.3, 0.4) is 0 Å². The number of aryl methyl sites for hydroxylation is 2. The van der Waals surface area contributed by atoms with E-state index in [0.717, 1.165) is 44.7 Å². The molecule has 0 saturated carbocycles. The summed E-state index contributed by atoms with van der Waals surface area (Å²) in [5, 5.41) is 3.11. The molecule has 0 aromatic carbocycles. The maximum absolute atomic E-state index is 5.74. The van der Waals surface area contributed by atoms with Crippen molar-refractivity contribution in [3.05, 3.63) is 18.2 Å². The molecule has 0 amide bonds. The summed E-state index contributed by atoms with van der Waals surface area (Å²) in [6.45, 7) is 6.89. The van der Waals surface area contributed by atoms with Crippen LogP contribution in [0.2, 0.25) is 0 Å². The Morgan fingerprint density at radius 2 is 2.28 bits per heavy atom. The van der Waals surface area contributed by atoms with Gasteiger partial charge < -0.3 is 15.6 Å². The average molecular weight is 251 g/mol. The van der Waals surface area contributed by atoms with E-state index in [1.54, 1.807) is 0 Å². The zero-order valence-corrected chi connectivity index (χ0v) is 11.5. The number of imidazole rings is 1. The van der Waals surface area contributed by atoms with Gasteiger partial charge in [-0.3, -0.25) is 4.99 Å². The number of hydrogen-bond donors (Lipinski definition) is 2. The molecule has 0 saturated heterocycles. The molecule has 102 valence electrons. The van der Waals surface area contributed by atoms with Gasteiger partial charge in [-0.05, 0) is 26.2 Å². The molecule has 18 heavy (non-hydrogen) atoms. The lowest BCUT2D eigenvalue weighted by molar-refractivity contribution is 0.601. The summed E-state index contributed by atoms with van der Waals surface area (Å²) < 4.78 is 2.16. The highest BCUT2D eigenvalue weighted by atomic mass is 15.1. The lowest BCUT2D eigenvalue weighted by Crippen LogP contribution is -2.32. The Bertz CT molecular complexity index is 356. The molecule has 0 aliphatic heterocycles. The van der Waals surface area contributed by atoms with Crippen molar-refractivity contribution in [3.63, 3.8) is 0 Å². The Balaban J connectivity index is 2.07. The van der Waals surface area contributed by atoms with Gasteiger partial charge in [0.1, 0.15) is 5.82 Å². The van der Waals surface area contributed by atoms with E-state index in [4.69, 9.17) is 5.73 Å². The molecule has 0 atom stereocenters. The Labute approximate surface area is 110 Å². The fourth-order valence-corrected chi connectivity index (χ4v) is 1.68. The normalized spacial score (nSPS) is 11.8. The van der Waals surface area contributed by atoms with E-state index in [2.05, 4.69) is 26.8 Å². The van der Waals surface area contributed by atoms with Crippen molar-refractivity contribution >= 4 is 5.96 Å². The van der Waals surface area contributed by atoms with E-state index in [0.29, 0.717) is 5.96 Å². The van der Waals surface area contributed by atoms with Gasteiger partial charge in [-0.15, -0.1) is 0 Å². The summed E-state index contributed by atoms with van der Waals surface area (Å²) in [4.78, 5) is 8.49. The molecule has 5 heteroatoms. The van der Waals surface area contributed by atoms with Crippen LogP contribution in [-0.4, -0.2) is 28.6 Å². The molecule has 1 rings (SSSR count). The van der Waals surface area contributed by atoms with Crippen LogP contribution in [0.15, 0.2) is 17.4 Å². The number of nitrogens with two attached hydrogens (primary N) is 1. The SMILES string of the molecule is CCCCNC(N)=NCCCCn1ccnc1C. The standard InChI is InChI=1S/C13H25N5/c1-3-4-7-16-13(14)17-8-5-6-10-18-11-9-15-12(18)2/h9,11H,3-8,10H2,1-2H3,(H3,14,16,17). The molecule has 0 bridgehead atoms. The van der Waals surface area contributed by atoms with Crippen molar-refractivity contribution in [1.82, 2.24) is 14.9 Å². The zero-order chi connectivity index (χ0) is 13.2. The summed E-state index contributed by atoms with van der Waals surface area (Å²) >= 11 is 0. The van der Waals surface area contributed by atoms with Crippen molar-refractivity contribution in [2.75, 3.05) is 13.1 Å². The van der Waals surface area contributed by atoms with Gasteiger partial charge in [0.25, 0.3) is 0 Å². The van der Waals surface area contributed by atoms with Crippen LogP contribution in [0.25, 0.3) is 0 Å². The number of rotatable bonds is 8. The minimum Gasteiger partial charge on any atom is -0.370 e. The molecule has 0 spiro atoms. The highest BCUT2D eigenvalue weighted by Crippen LogP contribution is 1.99. The molecule has 3 N–H and O–H groups in total. The zero-order valence-electron chi connectivity index (χ0n) is 11.5. The van der Waals surface area contributed by atoms with Gasteiger partial charge in [-0.2, -0.15) is 0 Å². The molecule has 1 aromatic rings. The quantitative estimate of drug-likeness (QED) is 0.419. The fraction of sp³-hybridized carbons (Fsp3) is 0.692. The Morgan fingerprint density at radius 3 is 2.94 bits per heavy atom. The van der Waals surface area contributed by atoms with Crippen molar-refractivity contribution in [2.45, 2.75) is 46.1 Å². The van der Waals surface area contributed by atoms with E-state index < -0.39 is 0 Å². The van der Waals surface area contributed by atoms with Gasteiger partial charge in [-0.25, -0.2) is 4.98 Å². The highest BCUT2D eigenvalue weighted by Gasteiger charge is 1.96. The van der Waals surface area contributed by atoms with Crippen LogP contribution in [0.1, 0.15) is 38.4 Å². The third-order valence-corrected chi connectivity index (χ3v) is 2.85. The van der Waals surface area contributed by atoms with Gasteiger partial charge in [-0.1, -0.05) is 13.3 Å². The van der Waals surface area contributed by atoms with E-state index >= 15 is 0 Å².